The largest absolute Gasteiger partial charge is 0.272 e. The van der Waals surface area contributed by atoms with E-state index in [1.807, 2.05) is 38.1 Å². The van der Waals surface area contributed by atoms with Gasteiger partial charge in [0.2, 0.25) is 5.91 Å². The summed E-state index contributed by atoms with van der Waals surface area (Å²) in [5.41, 5.74) is 8.21. The van der Waals surface area contributed by atoms with Crippen molar-refractivity contribution in [2.24, 2.45) is 0 Å². The molecule has 4 rings (SSSR count). The number of amides is 2. The highest BCUT2D eigenvalue weighted by Gasteiger charge is 2.17. The van der Waals surface area contributed by atoms with Crippen LogP contribution in [0.1, 0.15) is 21.5 Å². The van der Waals surface area contributed by atoms with Crippen LogP contribution in [0.2, 0.25) is 0 Å². The first-order valence-corrected chi connectivity index (χ1v) is 11.3. The highest BCUT2D eigenvalue weighted by molar-refractivity contribution is 7.99. The van der Waals surface area contributed by atoms with Crippen LogP contribution in [0, 0.1) is 13.8 Å². The van der Waals surface area contributed by atoms with Crippen molar-refractivity contribution in [3.8, 4) is 5.69 Å². The summed E-state index contributed by atoms with van der Waals surface area (Å²) in [5.74, 6) is -0.866. The van der Waals surface area contributed by atoms with Gasteiger partial charge in [0.1, 0.15) is 0 Å². The Kier molecular flexibility index (Phi) is 6.55. The number of aryl methyl sites for hydroxylation is 2. The van der Waals surface area contributed by atoms with Gasteiger partial charge in [-0.15, -0.1) is 0 Å². The van der Waals surface area contributed by atoms with E-state index in [9.17, 15) is 14.4 Å². The van der Waals surface area contributed by atoms with Crippen LogP contribution in [-0.4, -0.2) is 27.1 Å². The van der Waals surface area contributed by atoms with Gasteiger partial charge >= 0.3 is 0 Å². The molecule has 1 heterocycles. The third-order valence-corrected chi connectivity index (χ3v) is 6.03. The van der Waals surface area contributed by atoms with Gasteiger partial charge in [-0.05, 0) is 49.2 Å². The lowest BCUT2D eigenvalue weighted by molar-refractivity contribution is -0.119. The Morgan fingerprint density at radius 1 is 0.879 bits per heavy atom. The maximum atomic E-state index is 13.4. The zero-order valence-electron chi connectivity index (χ0n) is 18.2. The van der Waals surface area contributed by atoms with Crippen LogP contribution in [0.5, 0.6) is 0 Å². The van der Waals surface area contributed by atoms with Crippen LogP contribution in [0.15, 0.2) is 82.7 Å². The standard InChI is InChI=1S/C25H22N4O3S/c1-16-9-8-10-17(2)22(16)29-24(32)19-13-6-7-14-20(19)26-25(29)33-15-21(30)27-28-23(31)18-11-4-3-5-12-18/h3-14H,15H2,1-2H3,(H,27,30)(H,28,31). The maximum absolute atomic E-state index is 13.4. The van der Waals surface area contributed by atoms with Gasteiger partial charge in [0.25, 0.3) is 11.5 Å². The molecule has 7 nitrogen and oxygen atoms in total. The van der Waals surface area contributed by atoms with E-state index in [1.54, 1.807) is 53.1 Å². The lowest BCUT2D eigenvalue weighted by Gasteiger charge is -2.17. The average Bonchev–Trinajstić information content (AvgIpc) is 2.83. The molecule has 0 bridgehead atoms. The lowest BCUT2D eigenvalue weighted by atomic mass is 10.1. The molecule has 4 aromatic rings. The van der Waals surface area contributed by atoms with Gasteiger partial charge in [0.15, 0.2) is 5.16 Å². The second-order valence-corrected chi connectivity index (χ2v) is 8.39. The Labute approximate surface area is 194 Å². The molecule has 2 N–H and O–H groups in total. The molecule has 0 atom stereocenters. The van der Waals surface area contributed by atoms with Crippen LogP contribution in [0.4, 0.5) is 0 Å². The van der Waals surface area contributed by atoms with Crippen LogP contribution >= 0.6 is 11.8 Å². The van der Waals surface area contributed by atoms with Crippen molar-refractivity contribution in [2.75, 3.05) is 5.75 Å². The molecular weight excluding hydrogens is 436 g/mol. The minimum atomic E-state index is -0.417. The fourth-order valence-corrected chi connectivity index (χ4v) is 4.32. The van der Waals surface area contributed by atoms with Gasteiger partial charge in [-0.1, -0.05) is 60.3 Å². The summed E-state index contributed by atoms with van der Waals surface area (Å²) >= 11 is 1.13. The Hall–Kier alpha value is -3.91. The third-order valence-electron chi connectivity index (χ3n) is 5.09. The van der Waals surface area contributed by atoms with Crippen LogP contribution in [0.25, 0.3) is 16.6 Å². The molecule has 33 heavy (non-hydrogen) atoms. The van der Waals surface area contributed by atoms with Gasteiger partial charge < -0.3 is 0 Å². The number of nitrogens with zero attached hydrogens (tertiary/aromatic N) is 2. The minimum absolute atomic E-state index is 0.0369. The molecule has 0 aliphatic heterocycles. The van der Waals surface area contributed by atoms with E-state index in [-0.39, 0.29) is 11.3 Å². The van der Waals surface area contributed by atoms with Crippen molar-refractivity contribution < 1.29 is 9.59 Å². The first-order chi connectivity index (χ1) is 16.0. The van der Waals surface area contributed by atoms with E-state index in [4.69, 9.17) is 0 Å². The molecule has 8 heteroatoms. The summed E-state index contributed by atoms with van der Waals surface area (Å²) in [6, 6.07) is 21.5. The number of hydrogen-bond donors (Lipinski definition) is 2. The molecule has 0 radical (unpaired) electrons. The first-order valence-electron chi connectivity index (χ1n) is 10.3. The molecule has 0 fully saturated rings. The van der Waals surface area contributed by atoms with Crippen LogP contribution < -0.4 is 16.4 Å². The van der Waals surface area contributed by atoms with Gasteiger partial charge in [0.05, 0.1) is 22.3 Å². The second kappa shape index (κ2) is 9.70. The van der Waals surface area contributed by atoms with Crippen LogP contribution in [-0.2, 0) is 4.79 Å². The molecule has 0 spiro atoms. The fraction of sp³-hybridized carbons (Fsp3) is 0.120. The fourth-order valence-electron chi connectivity index (χ4n) is 3.52. The van der Waals surface area contributed by atoms with Crippen molar-refractivity contribution in [3.63, 3.8) is 0 Å². The number of hydrazine groups is 1. The number of para-hydroxylation sites is 2. The average molecular weight is 459 g/mol. The molecular formula is C25H22N4O3S. The summed E-state index contributed by atoms with van der Waals surface area (Å²) < 4.78 is 1.56. The molecule has 0 saturated carbocycles. The molecule has 166 valence electrons. The van der Waals surface area contributed by atoms with Gasteiger partial charge in [-0.25, -0.2) is 4.98 Å². The molecule has 0 aliphatic carbocycles. The van der Waals surface area contributed by atoms with Crippen molar-refractivity contribution in [1.29, 1.82) is 0 Å². The van der Waals surface area contributed by atoms with Gasteiger partial charge in [0, 0.05) is 5.56 Å². The van der Waals surface area contributed by atoms with E-state index < -0.39 is 11.8 Å². The van der Waals surface area contributed by atoms with E-state index in [0.29, 0.717) is 21.6 Å². The van der Waals surface area contributed by atoms with E-state index in [2.05, 4.69) is 15.8 Å². The van der Waals surface area contributed by atoms with E-state index >= 15 is 0 Å². The highest BCUT2D eigenvalue weighted by Crippen LogP contribution is 2.25. The Balaban J connectivity index is 1.60. The lowest BCUT2D eigenvalue weighted by Crippen LogP contribution is -2.42. The Morgan fingerprint density at radius 3 is 2.27 bits per heavy atom. The number of nitrogens with one attached hydrogen (secondary N) is 2. The van der Waals surface area contributed by atoms with Gasteiger partial charge in [-0.2, -0.15) is 0 Å². The maximum Gasteiger partial charge on any atom is 0.269 e. The van der Waals surface area contributed by atoms with E-state index in [1.165, 1.54) is 0 Å². The van der Waals surface area contributed by atoms with Crippen LogP contribution in [0.3, 0.4) is 0 Å². The molecule has 1 aromatic heterocycles. The number of thioether (sulfide) groups is 1. The molecule has 3 aromatic carbocycles. The summed E-state index contributed by atoms with van der Waals surface area (Å²) in [6.07, 6.45) is 0. The Bertz CT molecular complexity index is 1380. The van der Waals surface area contributed by atoms with Crippen molar-refractivity contribution in [3.05, 3.63) is 99.8 Å². The predicted octanol–water partition coefficient (Wildman–Crippen LogP) is 3.56. The SMILES string of the molecule is Cc1cccc(C)c1-n1c(SCC(=O)NNC(=O)c2ccccc2)nc2ccccc2c1=O. The number of carbonyl (C=O) groups excluding carboxylic acids is 2. The Morgan fingerprint density at radius 2 is 1.55 bits per heavy atom. The quantitative estimate of drug-likeness (QED) is 0.271. The topological polar surface area (TPSA) is 93.1 Å². The molecule has 0 saturated heterocycles. The number of rotatable bonds is 5. The molecule has 0 unspecified atom stereocenters. The number of fused-ring (bicyclic) bond motifs is 1. The third kappa shape index (κ3) is 4.80. The summed E-state index contributed by atoms with van der Waals surface area (Å²) in [6.45, 7) is 3.87. The van der Waals surface area contributed by atoms with E-state index in [0.717, 1.165) is 28.6 Å². The number of aromatic nitrogens is 2. The summed E-state index contributed by atoms with van der Waals surface area (Å²) in [7, 11) is 0. The minimum Gasteiger partial charge on any atom is -0.272 e. The summed E-state index contributed by atoms with van der Waals surface area (Å²) in [4.78, 5) is 42.6. The molecule has 0 aliphatic rings. The zero-order valence-corrected chi connectivity index (χ0v) is 19.0. The predicted molar refractivity (Wildman–Crippen MR) is 130 cm³/mol. The second-order valence-electron chi connectivity index (χ2n) is 7.45. The number of benzene rings is 3. The zero-order chi connectivity index (χ0) is 23.4. The first kappa shape index (κ1) is 22.3. The smallest absolute Gasteiger partial charge is 0.269 e. The highest BCUT2D eigenvalue weighted by atomic mass is 32.2. The number of carbonyl (C=O) groups is 2. The molecule has 2 amide bonds. The van der Waals surface area contributed by atoms with Crippen molar-refractivity contribution >= 4 is 34.5 Å². The monoisotopic (exact) mass is 458 g/mol. The number of hydrogen-bond acceptors (Lipinski definition) is 5. The summed E-state index contributed by atoms with van der Waals surface area (Å²) in [5, 5.41) is 0.907. The van der Waals surface area contributed by atoms with Gasteiger partial charge in [-0.3, -0.25) is 29.8 Å². The van der Waals surface area contributed by atoms with Crippen molar-refractivity contribution in [2.45, 2.75) is 19.0 Å². The normalized spacial score (nSPS) is 10.7. The van der Waals surface area contributed by atoms with Crippen molar-refractivity contribution in [1.82, 2.24) is 20.4 Å².